The smallest absolute Gasteiger partial charge is 0.170 e. The number of imidazole rings is 1. The van der Waals surface area contributed by atoms with Crippen LogP contribution in [0.4, 0.5) is 10.2 Å². The van der Waals surface area contributed by atoms with Crippen molar-refractivity contribution in [1.82, 2.24) is 24.7 Å². The Morgan fingerprint density at radius 1 is 1.27 bits per heavy atom. The summed E-state index contributed by atoms with van der Waals surface area (Å²) < 4.78 is 25.6. The number of aromatic nitrogens is 5. The number of methoxy groups -OCH3 is 1. The molecule has 0 aliphatic carbocycles. The van der Waals surface area contributed by atoms with Crippen molar-refractivity contribution >= 4 is 28.0 Å². The highest BCUT2D eigenvalue weighted by Crippen LogP contribution is 2.25. The van der Waals surface area contributed by atoms with Crippen molar-refractivity contribution < 1.29 is 13.7 Å². The average molecular weight is 356 g/mol. The molecule has 0 atom stereocenters. The summed E-state index contributed by atoms with van der Waals surface area (Å²) in [6, 6.07) is 4.38. The molecule has 0 radical (unpaired) electrons. The third kappa shape index (κ3) is 2.86. The molecular formula is C17H17FN6O2. The maximum Gasteiger partial charge on any atom is 0.170 e. The summed E-state index contributed by atoms with van der Waals surface area (Å²) in [5.74, 6) is 0.331. The lowest BCUT2D eigenvalue weighted by molar-refractivity contribution is 0.188. The fourth-order valence-corrected chi connectivity index (χ4v) is 2.88. The van der Waals surface area contributed by atoms with E-state index in [1.54, 1.807) is 19.5 Å². The number of ether oxygens (including phenoxy) is 1. The predicted molar refractivity (Wildman–Crippen MR) is 93.3 cm³/mol. The van der Waals surface area contributed by atoms with Gasteiger partial charge in [0.25, 0.3) is 0 Å². The lowest BCUT2D eigenvalue weighted by atomic mass is 10.2. The number of anilines is 1. The van der Waals surface area contributed by atoms with Gasteiger partial charge in [0.15, 0.2) is 22.6 Å². The molecule has 26 heavy (non-hydrogen) atoms. The zero-order valence-electron chi connectivity index (χ0n) is 14.4. The van der Waals surface area contributed by atoms with Crippen molar-refractivity contribution in [3.05, 3.63) is 42.4 Å². The summed E-state index contributed by atoms with van der Waals surface area (Å²) in [5.41, 5.74) is 2.56. The van der Waals surface area contributed by atoms with Gasteiger partial charge in [-0.05, 0) is 12.1 Å². The number of hydrogen-bond acceptors (Lipinski definition) is 7. The van der Waals surface area contributed by atoms with Crippen LogP contribution in [0.25, 0.3) is 22.1 Å². The van der Waals surface area contributed by atoms with Crippen molar-refractivity contribution in [2.45, 2.75) is 13.1 Å². The lowest BCUT2D eigenvalue weighted by Crippen LogP contribution is -2.18. The van der Waals surface area contributed by atoms with E-state index in [4.69, 9.17) is 9.26 Å². The first-order valence-corrected chi connectivity index (χ1v) is 8.07. The first kappa shape index (κ1) is 16.4. The summed E-state index contributed by atoms with van der Waals surface area (Å²) >= 11 is 0. The van der Waals surface area contributed by atoms with Crippen LogP contribution in [-0.2, 0) is 17.8 Å². The van der Waals surface area contributed by atoms with Gasteiger partial charge in [-0.3, -0.25) is 0 Å². The average Bonchev–Trinajstić information content (AvgIpc) is 3.23. The van der Waals surface area contributed by atoms with Gasteiger partial charge in [-0.1, -0.05) is 5.16 Å². The van der Waals surface area contributed by atoms with E-state index in [9.17, 15) is 4.39 Å². The molecule has 1 aromatic carbocycles. The molecule has 4 rings (SSSR count). The molecule has 134 valence electrons. The Morgan fingerprint density at radius 3 is 3.00 bits per heavy atom. The number of fused-ring (bicyclic) bond motifs is 2. The largest absolute Gasteiger partial charge is 0.383 e. The topological polar surface area (TPSA) is 82.1 Å². The van der Waals surface area contributed by atoms with Gasteiger partial charge < -0.3 is 18.7 Å². The van der Waals surface area contributed by atoms with Crippen LogP contribution in [0.1, 0.15) is 5.69 Å². The fourth-order valence-electron chi connectivity index (χ4n) is 2.88. The third-order valence-electron chi connectivity index (χ3n) is 4.18. The third-order valence-corrected chi connectivity index (χ3v) is 4.18. The second-order valence-corrected chi connectivity index (χ2v) is 5.93. The predicted octanol–water partition coefficient (Wildman–Crippen LogP) is 2.39. The molecular weight excluding hydrogens is 339 g/mol. The summed E-state index contributed by atoms with van der Waals surface area (Å²) in [5, 5.41) is 4.83. The summed E-state index contributed by atoms with van der Waals surface area (Å²) in [7, 11) is 3.54. The minimum absolute atomic E-state index is 0.354. The first-order valence-electron chi connectivity index (χ1n) is 8.07. The first-order chi connectivity index (χ1) is 12.7. The zero-order valence-corrected chi connectivity index (χ0v) is 14.4. The fraction of sp³-hybridized carbons (Fsp3) is 0.294. The number of hydrogen-bond donors (Lipinski definition) is 0. The van der Waals surface area contributed by atoms with Gasteiger partial charge in [0.1, 0.15) is 17.8 Å². The lowest BCUT2D eigenvalue weighted by Gasteiger charge is -2.16. The van der Waals surface area contributed by atoms with E-state index in [1.165, 1.54) is 18.5 Å². The molecule has 0 unspecified atom stereocenters. The second-order valence-electron chi connectivity index (χ2n) is 5.93. The van der Waals surface area contributed by atoms with Crippen LogP contribution < -0.4 is 4.90 Å². The Labute approximate surface area is 148 Å². The summed E-state index contributed by atoms with van der Waals surface area (Å²) in [6.07, 6.45) is 3.24. The quantitative estimate of drug-likeness (QED) is 0.524. The van der Waals surface area contributed by atoms with E-state index in [1.807, 2.05) is 16.5 Å². The van der Waals surface area contributed by atoms with Crippen molar-refractivity contribution in [3.63, 3.8) is 0 Å². The Morgan fingerprint density at radius 2 is 2.15 bits per heavy atom. The van der Waals surface area contributed by atoms with Crippen LogP contribution >= 0.6 is 0 Å². The number of halogens is 1. The van der Waals surface area contributed by atoms with Gasteiger partial charge >= 0.3 is 0 Å². The van der Waals surface area contributed by atoms with Crippen molar-refractivity contribution in [1.29, 1.82) is 0 Å². The molecule has 0 bridgehead atoms. The molecule has 8 nitrogen and oxygen atoms in total. The molecule has 3 aromatic heterocycles. The number of benzene rings is 1. The van der Waals surface area contributed by atoms with Gasteiger partial charge in [0.05, 0.1) is 19.5 Å². The minimum Gasteiger partial charge on any atom is -0.383 e. The van der Waals surface area contributed by atoms with Crippen molar-refractivity contribution in [2.75, 3.05) is 25.7 Å². The van der Waals surface area contributed by atoms with E-state index in [2.05, 4.69) is 20.1 Å². The van der Waals surface area contributed by atoms with Crippen LogP contribution in [0.15, 0.2) is 35.4 Å². The maximum atomic E-state index is 13.3. The summed E-state index contributed by atoms with van der Waals surface area (Å²) in [4.78, 5) is 15.0. The molecule has 0 saturated heterocycles. The molecule has 3 heterocycles. The SMILES string of the molecule is COCCn1cnc2c(N(C)Cc3noc4cc(F)ccc34)ncnc21. The van der Waals surface area contributed by atoms with Gasteiger partial charge in [-0.2, -0.15) is 0 Å². The van der Waals surface area contributed by atoms with E-state index < -0.39 is 0 Å². The number of nitrogens with zero attached hydrogens (tertiary/aromatic N) is 6. The number of rotatable bonds is 6. The molecule has 0 aliphatic heterocycles. The highest BCUT2D eigenvalue weighted by Gasteiger charge is 2.17. The highest BCUT2D eigenvalue weighted by molar-refractivity contribution is 5.84. The molecule has 0 spiro atoms. The van der Waals surface area contributed by atoms with E-state index in [-0.39, 0.29) is 5.82 Å². The van der Waals surface area contributed by atoms with Crippen LogP contribution in [0.5, 0.6) is 0 Å². The van der Waals surface area contributed by atoms with Crippen molar-refractivity contribution in [3.8, 4) is 0 Å². The Balaban J connectivity index is 1.65. The Kier molecular flexibility index (Phi) is 4.21. The van der Waals surface area contributed by atoms with Crippen LogP contribution in [-0.4, -0.2) is 45.4 Å². The van der Waals surface area contributed by atoms with Gasteiger partial charge in [0, 0.05) is 32.2 Å². The molecule has 0 amide bonds. The molecule has 0 saturated carbocycles. The van der Waals surface area contributed by atoms with Crippen LogP contribution in [0.2, 0.25) is 0 Å². The Bertz CT molecular complexity index is 1060. The van der Waals surface area contributed by atoms with Gasteiger partial charge in [0.2, 0.25) is 0 Å². The maximum absolute atomic E-state index is 13.3. The van der Waals surface area contributed by atoms with E-state index in [0.717, 1.165) is 11.0 Å². The van der Waals surface area contributed by atoms with Crippen LogP contribution in [0.3, 0.4) is 0 Å². The van der Waals surface area contributed by atoms with Crippen LogP contribution in [0, 0.1) is 5.82 Å². The monoisotopic (exact) mass is 356 g/mol. The molecule has 4 aromatic rings. The van der Waals surface area contributed by atoms with Crippen molar-refractivity contribution in [2.24, 2.45) is 0 Å². The molecule has 0 aliphatic rings. The zero-order chi connectivity index (χ0) is 18.1. The normalized spacial score (nSPS) is 11.5. The molecule has 0 N–H and O–H groups in total. The second kappa shape index (κ2) is 6.68. The van der Waals surface area contributed by atoms with Gasteiger partial charge in [-0.25, -0.2) is 19.3 Å². The Hall–Kier alpha value is -3.07. The van der Waals surface area contributed by atoms with E-state index >= 15 is 0 Å². The van der Waals surface area contributed by atoms with E-state index in [0.29, 0.717) is 42.3 Å². The standard InChI is InChI=1S/C17H17FN6O2/c1-23(8-13-12-4-3-11(18)7-14(12)26-22-13)16-15-17(20-9-19-16)24(10-21-15)5-6-25-2/h3-4,7,9-10H,5-6,8H2,1-2H3. The molecule has 0 fully saturated rings. The highest BCUT2D eigenvalue weighted by atomic mass is 19.1. The summed E-state index contributed by atoms with van der Waals surface area (Å²) in [6.45, 7) is 1.67. The minimum atomic E-state index is -0.354. The molecule has 9 heteroatoms. The van der Waals surface area contributed by atoms with Gasteiger partial charge in [-0.15, -0.1) is 0 Å².